The molecule has 2 atom stereocenters. The van der Waals surface area contributed by atoms with Crippen LogP contribution in [0.25, 0.3) is 0 Å². The van der Waals surface area contributed by atoms with E-state index in [0.717, 1.165) is 11.5 Å². The standard InChI is InChI=1S/C14H21FN2/c1-10(12-5-3-4-6-12)17-11(2)13-7-14(15)9-16-8-13/h7-12,17H,3-6H2,1-2H3/t10-,11?/m1/s1. The van der Waals surface area contributed by atoms with Crippen LogP contribution in [-0.4, -0.2) is 11.0 Å². The SMILES string of the molecule is CC(N[C@H](C)C1CCCC1)c1cncc(F)c1. The molecule has 1 unspecified atom stereocenters. The molecule has 0 saturated heterocycles. The van der Waals surface area contributed by atoms with Crippen molar-refractivity contribution in [2.24, 2.45) is 5.92 Å². The first-order chi connectivity index (χ1) is 8.16. The maximum absolute atomic E-state index is 13.1. The van der Waals surface area contributed by atoms with Crippen LogP contribution < -0.4 is 5.32 Å². The van der Waals surface area contributed by atoms with Crippen LogP contribution >= 0.6 is 0 Å². The lowest BCUT2D eigenvalue weighted by Gasteiger charge is -2.25. The average Bonchev–Trinajstić information content (AvgIpc) is 2.82. The van der Waals surface area contributed by atoms with Crippen molar-refractivity contribution in [3.8, 4) is 0 Å². The summed E-state index contributed by atoms with van der Waals surface area (Å²) in [5.74, 6) is 0.517. The lowest BCUT2D eigenvalue weighted by atomic mass is 9.98. The third-order valence-corrected chi connectivity index (χ3v) is 3.85. The van der Waals surface area contributed by atoms with Gasteiger partial charge in [-0.05, 0) is 44.2 Å². The number of halogens is 1. The Morgan fingerprint density at radius 3 is 2.65 bits per heavy atom. The molecule has 0 aliphatic heterocycles. The van der Waals surface area contributed by atoms with Gasteiger partial charge in [-0.1, -0.05) is 12.8 Å². The second kappa shape index (κ2) is 5.58. The molecule has 2 rings (SSSR count). The molecule has 0 aromatic carbocycles. The molecule has 0 bridgehead atoms. The first-order valence-electron chi connectivity index (χ1n) is 6.53. The summed E-state index contributed by atoms with van der Waals surface area (Å²) in [4.78, 5) is 3.90. The predicted octanol–water partition coefficient (Wildman–Crippen LogP) is 3.45. The zero-order valence-corrected chi connectivity index (χ0v) is 10.6. The molecule has 0 spiro atoms. The molecule has 0 radical (unpaired) electrons. The summed E-state index contributed by atoms with van der Waals surface area (Å²) >= 11 is 0. The number of pyridine rings is 1. The predicted molar refractivity (Wildman–Crippen MR) is 67.2 cm³/mol. The zero-order chi connectivity index (χ0) is 12.3. The lowest BCUT2D eigenvalue weighted by Crippen LogP contribution is -2.34. The van der Waals surface area contributed by atoms with Crippen molar-refractivity contribution < 1.29 is 4.39 Å². The van der Waals surface area contributed by atoms with Crippen molar-refractivity contribution in [3.05, 3.63) is 29.8 Å². The maximum Gasteiger partial charge on any atom is 0.141 e. The molecule has 2 nitrogen and oxygen atoms in total. The van der Waals surface area contributed by atoms with Gasteiger partial charge in [0, 0.05) is 18.3 Å². The summed E-state index contributed by atoms with van der Waals surface area (Å²) < 4.78 is 13.1. The molecule has 3 heteroatoms. The summed E-state index contributed by atoms with van der Waals surface area (Å²) in [6, 6.07) is 2.22. The van der Waals surface area contributed by atoms with Gasteiger partial charge < -0.3 is 5.32 Å². The first kappa shape index (κ1) is 12.5. The van der Waals surface area contributed by atoms with Crippen molar-refractivity contribution in [1.82, 2.24) is 10.3 Å². The highest BCUT2D eigenvalue weighted by Crippen LogP contribution is 2.28. The smallest absolute Gasteiger partial charge is 0.141 e. The van der Waals surface area contributed by atoms with E-state index in [0.29, 0.717) is 6.04 Å². The number of nitrogens with zero attached hydrogens (tertiary/aromatic N) is 1. The number of rotatable bonds is 4. The van der Waals surface area contributed by atoms with Gasteiger partial charge in [-0.3, -0.25) is 4.98 Å². The number of aromatic nitrogens is 1. The van der Waals surface area contributed by atoms with Crippen molar-refractivity contribution >= 4 is 0 Å². The van der Waals surface area contributed by atoms with Gasteiger partial charge in [0.1, 0.15) is 5.82 Å². The van der Waals surface area contributed by atoms with E-state index in [4.69, 9.17) is 0 Å². The van der Waals surface area contributed by atoms with E-state index < -0.39 is 0 Å². The second-order valence-electron chi connectivity index (χ2n) is 5.16. The molecule has 1 aromatic heterocycles. The van der Waals surface area contributed by atoms with Gasteiger partial charge in [0.2, 0.25) is 0 Å². The minimum absolute atomic E-state index is 0.161. The molecular formula is C14H21FN2. The normalized spacial score (nSPS) is 20.4. The molecule has 1 aromatic rings. The molecule has 17 heavy (non-hydrogen) atoms. The Hall–Kier alpha value is -0.960. The summed E-state index contributed by atoms with van der Waals surface area (Å²) in [5.41, 5.74) is 0.926. The van der Waals surface area contributed by atoms with E-state index in [2.05, 4.69) is 24.1 Å². The Balaban J connectivity index is 1.93. The van der Waals surface area contributed by atoms with Gasteiger partial charge in [-0.2, -0.15) is 0 Å². The summed E-state index contributed by atoms with van der Waals surface area (Å²) in [6.45, 7) is 4.31. The van der Waals surface area contributed by atoms with E-state index in [1.54, 1.807) is 12.3 Å². The summed E-state index contributed by atoms with van der Waals surface area (Å²) in [6.07, 6.45) is 8.34. The quantitative estimate of drug-likeness (QED) is 0.866. The minimum Gasteiger partial charge on any atom is -0.307 e. The van der Waals surface area contributed by atoms with Crippen LogP contribution in [-0.2, 0) is 0 Å². The van der Waals surface area contributed by atoms with E-state index in [9.17, 15) is 4.39 Å². The first-order valence-corrected chi connectivity index (χ1v) is 6.53. The molecule has 1 aliphatic carbocycles. The number of nitrogens with one attached hydrogen (secondary N) is 1. The molecule has 1 heterocycles. The fraction of sp³-hybridized carbons (Fsp3) is 0.643. The maximum atomic E-state index is 13.1. The Morgan fingerprint density at radius 2 is 2.00 bits per heavy atom. The van der Waals surface area contributed by atoms with Gasteiger partial charge in [0.25, 0.3) is 0 Å². The Bertz CT molecular complexity index is 361. The third-order valence-electron chi connectivity index (χ3n) is 3.85. The summed E-state index contributed by atoms with van der Waals surface area (Å²) in [7, 11) is 0. The molecule has 1 saturated carbocycles. The van der Waals surface area contributed by atoms with Crippen molar-refractivity contribution in [3.63, 3.8) is 0 Å². The average molecular weight is 236 g/mol. The fourth-order valence-electron chi connectivity index (χ4n) is 2.75. The molecular weight excluding hydrogens is 215 g/mol. The van der Waals surface area contributed by atoms with Crippen LogP contribution in [0.4, 0.5) is 4.39 Å². The van der Waals surface area contributed by atoms with Crippen LogP contribution in [0.2, 0.25) is 0 Å². The van der Waals surface area contributed by atoms with E-state index in [-0.39, 0.29) is 11.9 Å². The van der Waals surface area contributed by atoms with Gasteiger partial charge >= 0.3 is 0 Å². The van der Waals surface area contributed by atoms with Gasteiger partial charge in [0.15, 0.2) is 0 Å². The number of hydrogen-bond acceptors (Lipinski definition) is 2. The Labute approximate surface area is 103 Å². The van der Waals surface area contributed by atoms with Crippen molar-refractivity contribution in [2.45, 2.75) is 51.6 Å². The highest BCUT2D eigenvalue weighted by Gasteiger charge is 2.22. The molecule has 1 aliphatic rings. The van der Waals surface area contributed by atoms with Gasteiger partial charge in [0.05, 0.1) is 6.20 Å². The molecule has 1 N–H and O–H groups in total. The van der Waals surface area contributed by atoms with E-state index in [1.165, 1.54) is 31.9 Å². The van der Waals surface area contributed by atoms with E-state index in [1.807, 2.05) is 0 Å². The fourth-order valence-corrected chi connectivity index (χ4v) is 2.75. The molecule has 94 valence electrons. The highest BCUT2D eigenvalue weighted by molar-refractivity contribution is 5.14. The largest absolute Gasteiger partial charge is 0.307 e. The monoisotopic (exact) mass is 236 g/mol. The number of hydrogen-bond donors (Lipinski definition) is 1. The lowest BCUT2D eigenvalue weighted by molar-refractivity contribution is 0.352. The zero-order valence-electron chi connectivity index (χ0n) is 10.6. The highest BCUT2D eigenvalue weighted by atomic mass is 19.1. The van der Waals surface area contributed by atoms with Crippen LogP contribution in [0.15, 0.2) is 18.5 Å². The van der Waals surface area contributed by atoms with E-state index >= 15 is 0 Å². The Morgan fingerprint density at radius 1 is 1.29 bits per heavy atom. The van der Waals surface area contributed by atoms with Crippen molar-refractivity contribution in [2.75, 3.05) is 0 Å². The molecule has 0 amide bonds. The van der Waals surface area contributed by atoms with Crippen LogP contribution in [0, 0.1) is 11.7 Å². The van der Waals surface area contributed by atoms with Crippen LogP contribution in [0.1, 0.15) is 51.1 Å². The minimum atomic E-state index is -0.260. The second-order valence-corrected chi connectivity index (χ2v) is 5.16. The van der Waals surface area contributed by atoms with Crippen LogP contribution in [0.5, 0.6) is 0 Å². The van der Waals surface area contributed by atoms with Crippen LogP contribution in [0.3, 0.4) is 0 Å². The Kier molecular flexibility index (Phi) is 4.11. The molecule has 1 fully saturated rings. The summed E-state index contributed by atoms with van der Waals surface area (Å²) in [5, 5.41) is 3.56. The van der Waals surface area contributed by atoms with Gasteiger partial charge in [-0.15, -0.1) is 0 Å². The third kappa shape index (κ3) is 3.25. The van der Waals surface area contributed by atoms with Crippen molar-refractivity contribution in [1.29, 1.82) is 0 Å². The topological polar surface area (TPSA) is 24.9 Å². The van der Waals surface area contributed by atoms with Gasteiger partial charge in [-0.25, -0.2) is 4.39 Å².